The van der Waals surface area contributed by atoms with Gasteiger partial charge < -0.3 is 0 Å². The van der Waals surface area contributed by atoms with E-state index < -0.39 is 0 Å². The topological polar surface area (TPSA) is 25.8 Å². The Hall–Kier alpha value is -3.52. The van der Waals surface area contributed by atoms with Crippen LogP contribution in [0.2, 0.25) is 0 Å². The van der Waals surface area contributed by atoms with E-state index in [0.717, 1.165) is 11.2 Å². The fraction of sp³-hybridized carbons (Fsp3) is 0. The molecule has 2 heterocycles. The van der Waals surface area contributed by atoms with Gasteiger partial charge >= 0.3 is 0 Å². The first-order chi connectivity index (χ1) is 12.9. The predicted octanol–water partition coefficient (Wildman–Crippen LogP) is 6.14. The molecule has 0 fully saturated rings. The van der Waals surface area contributed by atoms with Crippen LogP contribution >= 0.6 is 0 Å². The molecule has 0 amide bonds. The Morgan fingerprint density at radius 1 is 0.462 bits per heavy atom. The summed E-state index contributed by atoms with van der Waals surface area (Å²) in [5, 5.41) is 3.64. The van der Waals surface area contributed by atoms with Crippen LogP contribution in [0.5, 0.6) is 0 Å². The third-order valence-corrected chi connectivity index (χ3v) is 4.23. The van der Waals surface area contributed by atoms with E-state index in [-0.39, 0.29) is 0 Å². The number of pyridine rings is 2. The minimum Gasteiger partial charge on any atom is -0.256 e. The lowest BCUT2D eigenvalue weighted by Crippen LogP contribution is -1.84. The molecule has 0 unspecified atom stereocenters. The molecule has 124 valence electrons. The van der Waals surface area contributed by atoms with E-state index in [0.29, 0.717) is 0 Å². The summed E-state index contributed by atoms with van der Waals surface area (Å²) in [6.45, 7) is 0. The molecule has 2 heteroatoms. The summed E-state index contributed by atoms with van der Waals surface area (Å²) < 4.78 is 0. The molecule has 2 aromatic heterocycles. The summed E-state index contributed by atoms with van der Waals surface area (Å²) in [5.74, 6) is 0. The van der Waals surface area contributed by atoms with Gasteiger partial charge in [-0.05, 0) is 23.6 Å². The predicted molar refractivity (Wildman–Crippen MR) is 109 cm³/mol. The lowest BCUT2D eigenvalue weighted by molar-refractivity contribution is 1.36. The lowest BCUT2D eigenvalue weighted by Gasteiger charge is -2.04. The number of nitrogens with zero attached hydrogens (tertiary/aromatic N) is 2. The number of hydrogen-bond acceptors (Lipinski definition) is 2. The Labute approximate surface area is 152 Å². The zero-order valence-electron chi connectivity index (χ0n) is 14.3. The summed E-state index contributed by atoms with van der Waals surface area (Å²) in [6.07, 6.45) is 3.67. The normalized spacial score (nSPS) is 10.3. The van der Waals surface area contributed by atoms with Crippen LogP contribution in [0.25, 0.3) is 32.9 Å². The molecule has 3 aromatic carbocycles. The van der Waals surface area contributed by atoms with Crippen molar-refractivity contribution in [1.29, 1.82) is 0 Å². The van der Waals surface area contributed by atoms with Gasteiger partial charge in [0.1, 0.15) is 0 Å². The molecule has 2 nitrogen and oxygen atoms in total. The second-order valence-corrected chi connectivity index (χ2v) is 5.94. The zero-order chi connectivity index (χ0) is 17.6. The number of rotatable bonds is 1. The van der Waals surface area contributed by atoms with Gasteiger partial charge in [0.2, 0.25) is 0 Å². The standard InChI is InChI=1S/C15H11N.C9H7N/c1-2-7-13(8-3-1)15-14-9-5-4-6-12(14)10-11-16-15;1-2-6-9-8(4-1)5-3-7-10-9/h1-11H;1-7H. The Morgan fingerprint density at radius 2 is 1.15 bits per heavy atom. The molecule has 0 aliphatic carbocycles. The molecule has 0 spiro atoms. The highest BCUT2D eigenvalue weighted by Gasteiger charge is 2.03. The average molecular weight is 334 g/mol. The average Bonchev–Trinajstić information content (AvgIpc) is 2.74. The van der Waals surface area contributed by atoms with E-state index in [9.17, 15) is 0 Å². The maximum Gasteiger partial charge on any atom is 0.0780 e. The summed E-state index contributed by atoms with van der Waals surface area (Å²) >= 11 is 0. The zero-order valence-corrected chi connectivity index (χ0v) is 14.3. The maximum absolute atomic E-state index is 4.48. The molecule has 0 aliphatic heterocycles. The smallest absolute Gasteiger partial charge is 0.0780 e. The fourth-order valence-corrected chi connectivity index (χ4v) is 2.96. The van der Waals surface area contributed by atoms with Gasteiger partial charge in [0.25, 0.3) is 0 Å². The van der Waals surface area contributed by atoms with Crippen molar-refractivity contribution in [1.82, 2.24) is 9.97 Å². The van der Waals surface area contributed by atoms with Crippen LogP contribution in [-0.2, 0) is 0 Å². The largest absolute Gasteiger partial charge is 0.256 e. The van der Waals surface area contributed by atoms with E-state index in [1.165, 1.54) is 21.7 Å². The molecule has 0 saturated heterocycles. The van der Waals surface area contributed by atoms with Crippen LogP contribution in [0, 0.1) is 0 Å². The molecule has 0 radical (unpaired) electrons. The van der Waals surface area contributed by atoms with Crippen molar-refractivity contribution >= 4 is 21.7 Å². The first-order valence-electron chi connectivity index (χ1n) is 8.61. The SMILES string of the molecule is c1ccc(-c2nccc3ccccc23)cc1.c1ccc2ncccc2c1. The highest BCUT2D eigenvalue weighted by molar-refractivity contribution is 5.94. The maximum atomic E-state index is 4.48. The summed E-state index contributed by atoms with van der Waals surface area (Å²) in [4.78, 5) is 8.66. The number of fused-ring (bicyclic) bond motifs is 2. The van der Waals surface area contributed by atoms with Crippen molar-refractivity contribution in [3.05, 3.63) is 109 Å². The van der Waals surface area contributed by atoms with Crippen molar-refractivity contribution in [3.63, 3.8) is 0 Å². The molecule has 0 N–H and O–H groups in total. The van der Waals surface area contributed by atoms with Crippen molar-refractivity contribution < 1.29 is 0 Å². The first-order valence-corrected chi connectivity index (χ1v) is 8.61. The van der Waals surface area contributed by atoms with Gasteiger partial charge in [0, 0.05) is 28.7 Å². The number of hydrogen-bond donors (Lipinski definition) is 0. The van der Waals surface area contributed by atoms with Crippen molar-refractivity contribution in [3.8, 4) is 11.3 Å². The second kappa shape index (κ2) is 7.58. The Kier molecular flexibility index (Phi) is 4.66. The molecule has 5 aromatic rings. The van der Waals surface area contributed by atoms with E-state index in [2.05, 4.69) is 58.5 Å². The van der Waals surface area contributed by atoms with Gasteiger partial charge in [-0.15, -0.1) is 0 Å². The lowest BCUT2D eigenvalue weighted by atomic mass is 10.0. The number of para-hydroxylation sites is 1. The Morgan fingerprint density at radius 3 is 2.00 bits per heavy atom. The first kappa shape index (κ1) is 16.0. The number of aromatic nitrogens is 2. The molecule has 0 bridgehead atoms. The van der Waals surface area contributed by atoms with Gasteiger partial charge in [-0.2, -0.15) is 0 Å². The van der Waals surface area contributed by atoms with Crippen LogP contribution < -0.4 is 0 Å². The fourth-order valence-electron chi connectivity index (χ4n) is 2.96. The second-order valence-electron chi connectivity index (χ2n) is 5.94. The summed E-state index contributed by atoms with van der Waals surface area (Å²) in [5.41, 5.74) is 3.28. The van der Waals surface area contributed by atoms with Gasteiger partial charge in [-0.25, -0.2) is 0 Å². The molecular formula is C24H18N2. The third-order valence-electron chi connectivity index (χ3n) is 4.23. The highest BCUT2D eigenvalue weighted by Crippen LogP contribution is 2.25. The molecule has 0 atom stereocenters. The molecule has 5 rings (SSSR count). The minimum absolute atomic E-state index is 1.05. The van der Waals surface area contributed by atoms with E-state index in [4.69, 9.17) is 0 Å². The quantitative estimate of drug-likeness (QED) is 0.368. The summed E-state index contributed by atoms with van der Waals surface area (Å²) in [7, 11) is 0. The third kappa shape index (κ3) is 3.45. The number of benzene rings is 3. The Bertz CT molecular complexity index is 1060. The summed E-state index contributed by atoms with van der Waals surface area (Å²) in [6, 6.07) is 32.8. The van der Waals surface area contributed by atoms with Crippen LogP contribution in [0.1, 0.15) is 0 Å². The molecule has 26 heavy (non-hydrogen) atoms. The van der Waals surface area contributed by atoms with Crippen LogP contribution in [-0.4, -0.2) is 9.97 Å². The van der Waals surface area contributed by atoms with Gasteiger partial charge in [0.15, 0.2) is 0 Å². The van der Waals surface area contributed by atoms with Gasteiger partial charge in [-0.3, -0.25) is 9.97 Å². The van der Waals surface area contributed by atoms with Crippen LogP contribution in [0.3, 0.4) is 0 Å². The van der Waals surface area contributed by atoms with Crippen molar-refractivity contribution in [2.24, 2.45) is 0 Å². The van der Waals surface area contributed by atoms with E-state index in [1.54, 1.807) is 0 Å². The van der Waals surface area contributed by atoms with Crippen LogP contribution in [0.15, 0.2) is 109 Å². The minimum atomic E-state index is 1.05. The highest BCUT2D eigenvalue weighted by atomic mass is 14.7. The Balaban J connectivity index is 0.000000144. The molecule has 0 saturated carbocycles. The van der Waals surface area contributed by atoms with Crippen molar-refractivity contribution in [2.45, 2.75) is 0 Å². The van der Waals surface area contributed by atoms with E-state index in [1.807, 2.05) is 60.9 Å². The van der Waals surface area contributed by atoms with Gasteiger partial charge in [-0.1, -0.05) is 78.9 Å². The van der Waals surface area contributed by atoms with E-state index >= 15 is 0 Å². The molecular weight excluding hydrogens is 316 g/mol. The van der Waals surface area contributed by atoms with Gasteiger partial charge in [0.05, 0.1) is 11.2 Å². The molecule has 0 aliphatic rings. The monoisotopic (exact) mass is 334 g/mol. The van der Waals surface area contributed by atoms with Crippen molar-refractivity contribution in [2.75, 3.05) is 0 Å². The van der Waals surface area contributed by atoms with Crippen LogP contribution in [0.4, 0.5) is 0 Å².